The second-order valence-corrected chi connectivity index (χ2v) is 7.78. The van der Waals surface area contributed by atoms with E-state index < -0.39 is 0 Å². The molecule has 1 aliphatic rings. The smallest absolute Gasteiger partial charge is 0.411 e. The van der Waals surface area contributed by atoms with E-state index in [1.54, 1.807) is 4.90 Å². The van der Waals surface area contributed by atoms with E-state index >= 15 is 0 Å². The van der Waals surface area contributed by atoms with Gasteiger partial charge in [-0.15, -0.1) is 0 Å². The summed E-state index contributed by atoms with van der Waals surface area (Å²) in [6.07, 6.45) is 0.464. The second kappa shape index (κ2) is 8.98. The Morgan fingerprint density at radius 3 is 2.52 bits per heavy atom. The van der Waals surface area contributed by atoms with E-state index in [2.05, 4.69) is 33.8 Å². The van der Waals surface area contributed by atoms with Crippen molar-refractivity contribution in [3.8, 4) is 11.8 Å². The van der Waals surface area contributed by atoms with Gasteiger partial charge in [-0.3, -0.25) is 4.90 Å². The quantitative estimate of drug-likeness (QED) is 0.470. The fraction of sp³-hybridized carbons (Fsp3) is 0.160. The third-order valence-electron chi connectivity index (χ3n) is 4.92. The molecular formula is C25H20BrNO2. The highest BCUT2D eigenvalue weighted by Gasteiger charge is 2.30. The number of ether oxygens (including phenoxy) is 1. The number of nitrogens with zero attached hydrogens (tertiary/aromatic N) is 1. The molecule has 0 aromatic heterocycles. The van der Waals surface area contributed by atoms with Gasteiger partial charge in [-0.1, -0.05) is 82.4 Å². The van der Waals surface area contributed by atoms with Gasteiger partial charge in [0, 0.05) is 16.6 Å². The fourth-order valence-corrected chi connectivity index (χ4v) is 3.67. The second-order valence-electron chi connectivity index (χ2n) is 6.86. The monoisotopic (exact) mass is 445 g/mol. The lowest BCUT2D eigenvalue weighted by Gasteiger charge is -2.33. The molecule has 0 unspecified atom stereocenters. The van der Waals surface area contributed by atoms with Crippen molar-refractivity contribution in [2.45, 2.75) is 19.1 Å². The van der Waals surface area contributed by atoms with Crippen molar-refractivity contribution in [3.05, 3.63) is 106 Å². The highest BCUT2D eigenvalue weighted by atomic mass is 79.9. The molecule has 29 heavy (non-hydrogen) atoms. The maximum atomic E-state index is 12.9. The summed E-state index contributed by atoms with van der Waals surface area (Å²) in [7, 11) is 0. The van der Waals surface area contributed by atoms with Crippen molar-refractivity contribution in [1.29, 1.82) is 0 Å². The lowest BCUT2D eigenvalue weighted by Crippen LogP contribution is -2.39. The summed E-state index contributed by atoms with van der Waals surface area (Å²) in [5.41, 5.74) is 4.18. The Morgan fingerprint density at radius 1 is 1.00 bits per heavy atom. The first-order valence-corrected chi connectivity index (χ1v) is 10.3. The van der Waals surface area contributed by atoms with Crippen LogP contribution in [0.1, 0.15) is 28.3 Å². The van der Waals surface area contributed by atoms with E-state index in [4.69, 9.17) is 4.74 Å². The Bertz CT molecular complexity index is 1050. The number of halogens is 1. The molecule has 0 bridgehead atoms. The molecule has 0 spiro atoms. The summed E-state index contributed by atoms with van der Waals surface area (Å²) in [5.74, 6) is 6.52. The van der Waals surface area contributed by atoms with E-state index in [9.17, 15) is 4.79 Å². The molecular weight excluding hydrogens is 426 g/mol. The van der Waals surface area contributed by atoms with E-state index in [0.717, 1.165) is 27.6 Å². The van der Waals surface area contributed by atoms with E-state index in [1.807, 2.05) is 72.8 Å². The van der Waals surface area contributed by atoms with Crippen LogP contribution in [0.5, 0.6) is 0 Å². The van der Waals surface area contributed by atoms with Gasteiger partial charge in [0.2, 0.25) is 0 Å². The summed E-state index contributed by atoms with van der Waals surface area (Å²) >= 11 is 3.44. The van der Waals surface area contributed by atoms with Gasteiger partial charge in [0.05, 0.1) is 0 Å². The molecule has 4 heteroatoms. The zero-order valence-corrected chi connectivity index (χ0v) is 17.4. The number of carbonyl (C=O) groups excluding carboxylic acids is 1. The van der Waals surface area contributed by atoms with Gasteiger partial charge in [-0.25, -0.2) is 4.79 Å². The number of hydrogen-bond acceptors (Lipinski definition) is 2. The molecule has 1 amide bonds. The van der Waals surface area contributed by atoms with Crippen LogP contribution in [0.3, 0.4) is 0 Å². The molecule has 4 rings (SSSR count). The normalized spacial score (nSPS) is 15.1. The van der Waals surface area contributed by atoms with E-state index in [1.165, 1.54) is 5.56 Å². The fourth-order valence-electron chi connectivity index (χ4n) is 3.41. The Morgan fingerprint density at radius 2 is 1.72 bits per heavy atom. The molecule has 3 aromatic rings. The summed E-state index contributed by atoms with van der Waals surface area (Å²) in [6, 6.07) is 25.4. The Balaban J connectivity index is 1.58. The van der Waals surface area contributed by atoms with Gasteiger partial charge < -0.3 is 4.74 Å². The highest BCUT2D eigenvalue weighted by molar-refractivity contribution is 9.10. The minimum Gasteiger partial charge on any atom is -0.445 e. The Hall–Kier alpha value is -3.03. The maximum absolute atomic E-state index is 12.9. The van der Waals surface area contributed by atoms with Crippen LogP contribution in [0.15, 0.2) is 83.3 Å². The number of rotatable bonds is 2. The predicted molar refractivity (Wildman–Crippen MR) is 117 cm³/mol. The van der Waals surface area contributed by atoms with Crippen LogP contribution in [-0.4, -0.2) is 17.5 Å². The number of carbonyl (C=O) groups is 1. The maximum Gasteiger partial charge on any atom is 0.411 e. The third-order valence-corrected chi connectivity index (χ3v) is 5.45. The summed E-state index contributed by atoms with van der Waals surface area (Å²) in [6.45, 7) is 0.842. The first-order chi connectivity index (χ1) is 14.2. The molecule has 1 aliphatic heterocycles. The van der Waals surface area contributed by atoms with Gasteiger partial charge in [-0.05, 0) is 47.4 Å². The Labute approximate surface area is 179 Å². The summed E-state index contributed by atoms with van der Waals surface area (Å²) < 4.78 is 6.60. The van der Waals surface area contributed by atoms with Crippen molar-refractivity contribution in [1.82, 2.24) is 4.90 Å². The molecule has 0 fully saturated rings. The van der Waals surface area contributed by atoms with E-state index in [-0.39, 0.29) is 18.7 Å². The molecule has 144 valence electrons. The van der Waals surface area contributed by atoms with Crippen molar-refractivity contribution >= 4 is 22.0 Å². The van der Waals surface area contributed by atoms with Crippen LogP contribution in [0.2, 0.25) is 0 Å². The van der Waals surface area contributed by atoms with Crippen LogP contribution in [0.4, 0.5) is 4.79 Å². The predicted octanol–water partition coefficient (Wildman–Crippen LogP) is 5.74. The topological polar surface area (TPSA) is 29.5 Å². The molecule has 0 radical (unpaired) electrons. The lowest BCUT2D eigenvalue weighted by atomic mass is 9.93. The highest BCUT2D eigenvalue weighted by Crippen LogP contribution is 2.30. The van der Waals surface area contributed by atoms with Crippen molar-refractivity contribution in [2.75, 3.05) is 6.54 Å². The SMILES string of the molecule is O=C(OCc1ccccc1)N1CCc2ccccc2[C@@H]1C#Cc1ccc(Br)cc1. The molecule has 3 aromatic carbocycles. The summed E-state index contributed by atoms with van der Waals surface area (Å²) in [4.78, 5) is 14.6. The largest absolute Gasteiger partial charge is 0.445 e. The van der Waals surface area contributed by atoms with Gasteiger partial charge in [0.25, 0.3) is 0 Å². The van der Waals surface area contributed by atoms with Gasteiger partial charge in [0.15, 0.2) is 0 Å². The first kappa shape index (κ1) is 19.3. The van der Waals surface area contributed by atoms with Crippen molar-refractivity contribution in [2.24, 2.45) is 0 Å². The molecule has 3 nitrogen and oxygen atoms in total. The minimum atomic E-state index is -0.335. The average molecular weight is 446 g/mol. The molecule has 1 atom stereocenters. The number of fused-ring (bicyclic) bond motifs is 1. The van der Waals surface area contributed by atoms with Crippen molar-refractivity contribution in [3.63, 3.8) is 0 Å². The third kappa shape index (κ3) is 4.70. The minimum absolute atomic E-state index is 0.255. The summed E-state index contributed by atoms with van der Waals surface area (Å²) in [5, 5.41) is 0. The molecule has 0 aliphatic carbocycles. The van der Waals surface area contributed by atoms with Gasteiger partial charge in [-0.2, -0.15) is 0 Å². The molecule has 0 saturated carbocycles. The molecule has 1 heterocycles. The average Bonchev–Trinajstić information content (AvgIpc) is 2.77. The zero-order valence-electron chi connectivity index (χ0n) is 15.8. The van der Waals surface area contributed by atoms with Crippen LogP contribution >= 0.6 is 15.9 Å². The van der Waals surface area contributed by atoms with Gasteiger partial charge >= 0.3 is 6.09 Å². The number of benzene rings is 3. The van der Waals surface area contributed by atoms with Crippen LogP contribution < -0.4 is 0 Å². The van der Waals surface area contributed by atoms with Crippen LogP contribution in [0.25, 0.3) is 0 Å². The van der Waals surface area contributed by atoms with Gasteiger partial charge in [0.1, 0.15) is 12.6 Å². The van der Waals surface area contributed by atoms with Crippen LogP contribution in [0, 0.1) is 11.8 Å². The van der Waals surface area contributed by atoms with E-state index in [0.29, 0.717) is 6.54 Å². The number of hydrogen-bond donors (Lipinski definition) is 0. The van der Waals surface area contributed by atoms with Crippen molar-refractivity contribution < 1.29 is 9.53 Å². The number of amides is 1. The van der Waals surface area contributed by atoms with Crippen LogP contribution in [-0.2, 0) is 17.8 Å². The molecule has 0 N–H and O–H groups in total. The first-order valence-electron chi connectivity index (χ1n) is 9.53. The Kier molecular flexibility index (Phi) is 5.97. The molecule has 0 saturated heterocycles. The standard InChI is InChI=1S/C25H20BrNO2/c26-22-13-10-19(11-14-22)12-15-24-23-9-5-4-8-21(23)16-17-27(24)25(28)29-18-20-6-2-1-3-7-20/h1-11,13-14,24H,16-18H2/t24-/m0/s1. The lowest BCUT2D eigenvalue weighted by molar-refractivity contribution is 0.0862. The zero-order chi connectivity index (χ0) is 20.1.